The second-order valence-electron chi connectivity index (χ2n) is 6.41. The van der Waals surface area contributed by atoms with E-state index in [4.69, 9.17) is 10.3 Å². The number of carbonyl (C=O) groups excluding carboxylic acids is 1. The Morgan fingerprint density at radius 1 is 1.14 bits per heavy atom. The molecule has 0 saturated heterocycles. The quantitative estimate of drug-likeness (QED) is 0.120. The molecule has 1 amide bonds. The smallest absolute Gasteiger partial charge is 0.261 e. The molecule has 0 unspecified atom stereocenters. The molecular weight excluding hydrogens is 392 g/mol. The zero-order valence-corrected chi connectivity index (χ0v) is 18.1. The maximum Gasteiger partial charge on any atom is 0.261 e. The summed E-state index contributed by atoms with van der Waals surface area (Å²) in [5.74, 6) is 0.386. The fourth-order valence-electron chi connectivity index (χ4n) is 1.86. The molecule has 1 aromatic rings. The molecule has 0 bridgehead atoms. The number of guanidine groups is 1. The van der Waals surface area contributed by atoms with Crippen LogP contribution >= 0.6 is 0 Å². The van der Waals surface area contributed by atoms with Crippen molar-refractivity contribution in [1.29, 1.82) is 0 Å². The molecule has 0 fully saturated rings. The fraction of sp³-hybridized carbons (Fsp3) is 0.400. The lowest BCUT2D eigenvalue weighted by atomic mass is 10.2. The van der Waals surface area contributed by atoms with Gasteiger partial charge in [0.25, 0.3) is 10.1 Å². The Morgan fingerprint density at radius 2 is 1.69 bits per heavy atom. The van der Waals surface area contributed by atoms with Crippen molar-refractivity contribution >= 4 is 28.1 Å². The van der Waals surface area contributed by atoms with E-state index in [-0.39, 0.29) is 5.91 Å². The van der Waals surface area contributed by atoms with Crippen molar-refractivity contribution in [2.24, 2.45) is 10.7 Å². The number of unbranched alkanes of at least 4 members (excludes halogenated alkanes) is 1. The van der Waals surface area contributed by atoms with Gasteiger partial charge >= 0.3 is 0 Å². The van der Waals surface area contributed by atoms with Gasteiger partial charge < -0.3 is 16.4 Å². The number of allylic oxidation sites excluding steroid dienone is 1. The third-order valence-electron chi connectivity index (χ3n) is 3.20. The summed E-state index contributed by atoms with van der Waals surface area (Å²) in [4.78, 5) is 15.9. The summed E-state index contributed by atoms with van der Waals surface area (Å²) in [6.07, 6.45) is 7.91. The third kappa shape index (κ3) is 21.5. The number of benzene rings is 1. The van der Waals surface area contributed by atoms with Gasteiger partial charge in [-0.3, -0.25) is 9.35 Å². The van der Waals surface area contributed by atoms with Gasteiger partial charge in [-0.1, -0.05) is 42.0 Å². The number of nitrogens with one attached hydrogen (secondary N) is 2. The summed E-state index contributed by atoms with van der Waals surface area (Å²) in [5.41, 5.74) is 7.99. The molecule has 0 radical (unpaired) electrons. The number of hydrogen-bond donors (Lipinski definition) is 4. The molecule has 162 valence electrons. The molecule has 1 rings (SSSR count). The van der Waals surface area contributed by atoms with E-state index in [1.165, 1.54) is 5.57 Å². The van der Waals surface area contributed by atoms with E-state index >= 15 is 0 Å². The molecule has 0 aromatic heterocycles. The Morgan fingerprint density at radius 3 is 2.24 bits per heavy atom. The highest BCUT2D eigenvalue weighted by Crippen LogP contribution is 2.00. The lowest BCUT2D eigenvalue weighted by Gasteiger charge is -2.05. The van der Waals surface area contributed by atoms with Gasteiger partial charge in [0.15, 0.2) is 5.96 Å². The average Bonchev–Trinajstić information content (AvgIpc) is 2.62. The minimum Gasteiger partial charge on any atom is -0.370 e. The molecule has 0 saturated carbocycles. The van der Waals surface area contributed by atoms with E-state index in [0.717, 1.165) is 24.9 Å². The van der Waals surface area contributed by atoms with Gasteiger partial charge in [-0.15, -0.1) is 0 Å². The number of nitrogens with two attached hydrogens (primary N) is 1. The standard InChI is InChI=1S/C19H28N4O.CH4O3S/c1-16(2)12-15-23-19(20)22-14-7-6-13-21-18(24)11-10-17-8-4-3-5-9-17;1-5(2,3)4/h3-5,8-12H,6-7,13-15H2,1-2H3,(H,21,24)(H3,20,22,23);1H3,(H,2,3,4)/b11-10+;. The van der Waals surface area contributed by atoms with E-state index in [1.54, 1.807) is 12.2 Å². The Bertz CT molecular complexity index is 776. The minimum absolute atomic E-state index is 0.0744. The summed E-state index contributed by atoms with van der Waals surface area (Å²) >= 11 is 0. The molecule has 9 heteroatoms. The first-order chi connectivity index (χ1) is 13.6. The van der Waals surface area contributed by atoms with Crippen LogP contribution in [-0.2, 0) is 14.9 Å². The van der Waals surface area contributed by atoms with Gasteiger partial charge in [0.1, 0.15) is 0 Å². The van der Waals surface area contributed by atoms with Crippen molar-refractivity contribution in [1.82, 2.24) is 10.6 Å². The molecule has 0 aliphatic rings. The Labute approximate surface area is 173 Å². The van der Waals surface area contributed by atoms with Crippen molar-refractivity contribution in [2.75, 3.05) is 25.9 Å². The SMILES string of the molecule is CC(C)=CCN=C(N)NCCCCNC(=O)/C=C/c1ccccc1.CS(=O)(=O)O. The molecule has 0 atom stereocenters. The molecular formula is C20H32N4O4S. The first-order valence-corrected chi connectivity index (χ1v) is 11.0. The molecule has 0 aliphatic heterocycles. The number of hydrogen-bond acceptors (Lipinski definition) is 4. The maximum atomic E-state index is 11.7. The third-order valence-corrected chi connectivity index (χ3v) is 3.20. The van der Waals surface area contributed by atoms with E-state index in [9.17, 15) is 13.2 Å². The summed E-state index contributed by atoms with van der Waals surface area (Å²) in [5, 5.41) is 5.93. The van der Waals surface area contributed by atoms with Gasteiger partial charge in [-0.25, -0.2) is 4.99 Å². The van der Waals surface area contributed by atoms with E-state index in [0.29, 0.717) is 25.3 Å². The predicted octanol–water partition coefficient (Wildman–Crippen LogP) is 1.97. The molecule has 5 N–H and O–H groups in total. The Kier molecular flexibility index (Phi) is 13.9. The van der Waals surface area contributed by atoms with Gasteiger partial charge in [-0.05, 0) is 38.3 Å². The summed E-state index contributed by atoms with van der Waals surface area (Å²) in [7, 11) is -3.67. The van der Waals surface area contributed by atoms with Crippen LogP contribution in [0, 0.1) is 0 Å². The number of nitrogens with zero attached hydrogens (tertiary/aromatic N) is 1. The highest BCUT2D eigenvalue weighted by Gasteiger charge is 1.96. The van der Waals surface area contributed by atoms with E-state index in [2.05, 4.69) is 15.6 Å². The first-order valence-electron chi connectivity index (χ1n) is 9.18. The second kappa shape index (κ2) is 15.3. The Balaban J connectivity index is 0.00000139. The van der Waals surface area contributed by atoms with Crippen LogP contribution < -0.4 is 16.4 Å². The summed E-state index contributed by atoms with van der Waals surface area (Å²) < 4.78 is 25.9. The van der Waals surface area contributed by atoms with Crippen LogP contribution in [0.25, 0.3) is 6.08 Å². The monoisotopic (exact) mass is 424 g/mol. The normalized spacial score (nSPS) is 11.4. The fourth-order valence-corrected chi connectivity index (χ4v) is 1.86. The average molecular weight is 425 g/mol. The van der Waals surface area contributed by atoms with Crippen LogP contribution in [0.15, 0.2) is 53.0 Å². The Hall–Kier alpha value is -2.65. The van der Waals surface area contributed by atoms with E-state index < -0.39 is 10.1 Å². The maximum absolute atomic E-state index is 11.7. The van der Waals surface area contributed by atoms with Crippen molar-refractivity contribution < 1.29 is 17.8 Å². The van der Waals surface area contributed by atoms with Gasteiger partial charge in [0.2, 0.25) is 5.91 Å². The number of rotatable bonds is 9. The van der Waals surface area contributed by atoms with Crippen molar-refractivity contribution in [3.05, 3.63) is 53.6 Å². The number of aliphatic imine (C=N–C) groups is 1. The van der Waals surface area contributed by atoms with Gasteiger partial charge in [0.05, 0.1) is 12.8 Å². The zero-order chi connectivity index (χ0) is 22.1. The topological polar surface area (TPSA) is 134 Å². The summed E-state index contributed by atoms with van der Waals surface area (Å²) in [6.45, 7) is 6.06. The van der Waals surface area contributed by atoms with Crippen LogP contribution in [-0.4, -0.2) is 50.7 Å². The van der Waals surface area contributed by atoms with Crippen LogP contribution in [0.2, 0.25) is 0 Å². The lowest BCUT2D eigenvalue weighted by Crippen LogP contribution is -2.33. The van der Waals surface area contributed by atoms with Crippen LogP contribution in [0.4, 0.5) is 0 Å². The highest BCUT2D eigenvalue weighted by atomic mass is 32.2. The molecule has 29 heavy (non-hydrogen) atoms. The van der Waals surface area contributed by atoms with Crippen molar-refractivity contribution in [3.63, 3.8) is 0 Å². The van der Waals surface area contributed by atoms with Crippen LogP contribution in [0.3, 0.4) is 0 Å². The number of carbonyl (C=O) groups is 1. The van der Waals surface area contributed by atoms with Crippen LogP contribution in [0.5, 0.6) is 0 Å². The van der Waals surface area contributed by atoms with Crippen molar-refractivity contribution in [3.8, 4) is 0 Å². The molecule has 8 nitrogen and oxygen atoms in total. The molecule has 1 aromatic carbocycles. The molecule has 0 heterocycles. The van der Waals surface area contributed by atoms with E-state index in [1.807, 2.05) is 50.3 Å². The van der Waals surface area contributed by atoms with Crippen LogP contribution in [0.1, 0.15) is 32.3 Å². The number of amides is 1. The largest absolute Gasteiger partial charge is 0.370 e. The lowest BCUT2D eigenvalue weighted by molar-refractivity contribution is -0.116. The zero-order valence-electron chi connectivity index (χ0n) is 17.3. The molecule has 0 spiro atoms. The summed E-state index contributed by atoms with van der Waals surface area (Å²) in [6, 6.07) is 9.75. The second-order valence-corrected chi connectivity index (χ2v) is 7.88. The van der Waals surface area contributed by atoms with Gasteiger partial charge in [0, 0.05) is 19.2 Å². The van der Waals surface area contributed by atoms with Gasteiger partial charge in [-0.2, -0.15) is 8.42 Å². The molecule has 0 aliphatic carbocycles. The highest BCUT2D eigenvalue weighted by molar-refractivity contribution is 7.85. The first kappa shape index (κ1) is 26.4. The minimum atomic E-state index is -3.67. The predicted molar refractivity (Wildman–Crippen MR) is 119 cm³/mol. The van der Waals surface area contributed by atoms with Crippen molar-refractivity contribution in [2.45, 2.75) is 26.7 Å².